The second-order valence-corrected chi connectivity index (χ2v) is 6.89. The van der Waals surface area contributed by atoms with Gasteiger partial charge in [0.25, 0.3) is 0 Å². The van der Waals surface area contributed by atoms with E-state index in [1.807, 2.05) is 52.0 Å². The molecule has 0 aliphatic heterocycles. The van der Waals surface area contributed by atoms with Crippen LogP contribution in [0.3, 0.4) is 0 Å². The second-order valence-electron chi connectivity index (χ2n) is 6.89. The minimum atomic E-state index is -0.471. The largest absolute Gasteiger partial charge is 0.423 e. The standard InChI is InChI=1S/C24H22O4/c1-15-5-11-21(17(3)13-15)27-23(25)19-7-9-20(10-8-19)24(26)28-22-12-6-16(2)14-18(22)4/h5-14H,1-4H3. The maximum Gasteiger partial charge on any atom is 0.343 e. The zero-order chi connectivity index (χ0) is 20.3. The van der Waals surface area contributed by atoms with Gasteiger partial charge >= 0.3 is 11.9 Å². The number of benzene rings is 3. The highest BCUT2D eigenvalue weighted by molar-refractivity contribution is 5.95. The normalized spacial score (nSPS) is 10.4. The molecule has 142 valence electrons. The van der Waals surface area contributed by atoms with Gasteiger partial charge < -0.3 is 9.47 Å². The summed E-state index contributed by atoms with van der Waals surface area (Å²) >= 11 is 0. The molecule has 4 heteroatoms. The lowest BCUT2D eigenvalue weighted by atomic mass is 10.1. The fourth-order valence-corrected chi connectivity index (χ4v) is 2.89. The lowest BCUT2D eigenvalue weighted by Gasteiger charge is -2.09. The van der Waals surface area contributed by atoms with Gasteiger partial charge in [-0.25, -0.2) is 9.59 Å². The molecule has 3 rings (SSSR count). The van der Waals surface area contributed by atoms with Crippen molar-refractivity contribution in [1.82, 2.24) is 0 Å². The number of rotatable bonds is 4. The molecule has 0 aromatic heterocycles. The molecule has 4 nitrogen and oxygen atoms in total. The van der Waals surface area contributed by atoms with Crippen LogP contribution < -0.4 is 9.47 Å². The van der Waals surface area contributed by atoms with E-state index in [-0.39, 0.29) is 0 Å². The molecule has 0 amide bonds. The van der Waals surface area contributed by atoms with Gasteiger partial charge in [-0.1, -0.05) is 35.4 Å². The number of carbonyl (C=O) groups is 2. The van der Waals surface area contributed by atoms with Gasteiger partial charge in [0.15, 0.2) is 0 Å². The summed E-state index contributed by atoms with van der Waals surface area (Å²) in [5, 5.41) is 0. The summed E-state index contributed by atoms with van der Waals surface area (Å²) in [6.07, 6.45) is 0. The summed E-state index contributed by atoms with van der Waals surface area (Å²) in [6, 6.07) is 17.5. The Morgan fingerprint density at radius 1 is 0.571 bits per heavy atom. The molecule has 0 spiro atoms. The van der Waals surface area contributed by atoms with Crippen molar-refractivity contribution in [3.05, 3.63) is 94.0 Å². The molecular formula is C24H22O4. The fraction of sp³-hybridized carbons (Fsp3) is 0.167. The summed E-state index contributed by atoms with van der Waals surface area (Å²) in [6.45, 7) is 7.74. The number of aryl methyl sites for hydroxylation is 4. The zero-order valence-electron chi connectivity index (χ0n) is 16.4. The smallest absolute Gasteiger partial charge is 0.343 e. The van der Waals surface area contributed by atoms with Gasteiger partial charge in [0.2, 0.25) is 0 Å². The number of carbonyl (C=O) groups excluding carboxylic acids is 2. The van der Waals surface area contributed by atoms with E-state index >= 15 is 0 Å². The van der Waals surface area contributed by atoms with Crippen molar-refractivity contribution in [1.29, 1.82) is 0 Å². The van der Waals surface area contributed by atoms with Crippen molar-refractivity contribution < 1.29 is 19.1 Å². The van der Waals surface area contributed by atoms with Crippen LogP contribution in [0, 0.1) is 27.7 Å². The van der Waals surface area contributed by atoms with Crippen molar-refractivity contribution in [2.75, 3.05) is 0 Å². The first kappa shape index (κ1) is 19.4. The Kier molecular flexibility index (Phi) is 5.59. The van der Waals surface area contributed by atoms with Crippen LogP contribution in [0.4, 0.5) is 0 Å². The summed E-state index contributed by atoms with van der Waals surface area (Å²) in [5.74, 6) is 0.102. The van der Waals surface area contributed by atoms with E-state index in [0.29, 0.717) is 22.6 Å². The monoisotopic (exact) mass is 374 g/mol. The van der Waals surface area contributed by atoms with Crippen LogP contribution in [0.5, 0.6) is 11.5 Å². The van der Waals surface area contributed by atoms with Crippen molar-refractivity contribution in [2.24, 2.45) is 0 Å². The molecule has 0 atom stereocenters. The van der Waals surface area contributed by atoms with Crippen molar-refractivity contribution in [3.63, 3.8) is 0 Å². The summed E-state index contributed by atoms with van der Waals surface area (Å²) < 4.78 is 10.9. The maximum atomic E-state index is 12.4. The van der Waals surface area contributed by atoms with Gasteiger partial charge in [-0.05, 0) is 75.2 Å². The van der Waals surface area contributed by atoms with E-state index in [0.717, 1.165) is 22.3 Å². The molecule has 3 aromatic carbocycles. The number of hydrogen-bond donors (Lipinski definition) is 0. The Labute approximate surface area is 164 Å². The minimum absolute atomic E-state index is 0.364. The summed E-state index contributed by atoms with van der Waals surface area (Å²) in [4.78, 5) is 24.7. The molecule has 3 aromatic rings. The first-order chi connectivity index (χ1) is 13.3. The first-order valence-corrected chi connectivity index (χ1v) is 9.02. The van der Waals surface area contributed by atoms with Crippen molar-refractivity contribution in [2.45, 2.75) is 27.7 Å². The van der Waals surface area contributed by atoms with E-state index in [9.17, 15) is 9.59 Å². The molecule has 0 aliphatic carbocycles. The molecule has 0 saturated heterocycles. The highest BCUT2D eigenvalue weighted by Gasteiger charge is 2.14. The van der Waals surface area contributed by atoms with Gasteiger partial charge in [-0.2, -0.15) is 0 Å². The molecule has 0 aliphatic rings. The summed E-state index contributed by atoms with van der Waals surface area (Å²) in [7, 11) is 0. The van der Waals surface area contributed by atoms with Gasteiger partial charge in [-0.15, -0.1) is 0 Å². The lowest BCUT2D eigenvalue weighted by Crippen LogP contribution is -2.12. The van der Waals surface area contributed by atoms with Crippen LogP contribution in [-0.4, -0.2) is 11.9 Å². The first-order valence-electron chi connectivity index (χ1n) is 9.02. The third-order valence-electron chi connectivity index (χ3n) is 4.42. The molecule has 0 heterocycles. The maximum absolute atomic E-state index is 12.4. The molecule has 0 fully saturated rings. The molecule has 28 heavy (non-hydrogen) atoms. The molecule has 0 radical (unpaired) electrons. The average molecular weight is 374 g/mol. The van der Waals surface area contributed by atoms with Gasteiger partial charge in [0, 0.05) is 0 Å². The van der Waals surface area contributed by atoms with Crippen molar-refractivity contribution >= 4 is 11.9 Å². The quantitative estimate of drug-likeness (QED) is 0.456. The third-order valence-corrected chi connectivity index (χ3v) is 4.42. The summed E-state index contributed by atoms with van der Waals surface area (Å²) in [5.41, 5.74) is 4.71. The number of ether oxygens (including phenoxy) is 2. The van der Waals surface area contributed by atoms with E-state index in [2.05, 4.69) is 0 Å². The Balaban J connectivity index is 1.70. The van der Waals surface area contributed by atoms with Crippen LogP contribution in [0.25, 0.3) is 0 Å². The van der Waals surface area contributed by atoms with E-state index < -0.39 is 11.9 Å². The Hall–Kier alpha value is -3.40. The van der Waals surface area contributed by atoms with Crippen LogP contribution in [0.15, 0.2) is 60.7 Å². The van der Waals surface area contributed by atoms with Crippen LogP contribution in [0.1, 0.15) is 43.0 Å². The van der Waals surface area contributed by atoms with Crippen molar-refractivity contribution in [3.8, 4) is 11.5 Å². The Morgan fingerprint density at radius 3 is 1.25 bits per heavy atom. The molecule has 0 unspecified atom stereocenters. The van der Waals surface area contributed by atoms with E-state index in [4.69, 9.17) is 9.47 Å². The lowest BCUT2D eigenvalue weighted by molar-refractivity contribution is 0.0719. The second kappa shape index (κ2) is 8.09. The fourth-order valence-electron chi connectivity index (χ4n) is 2.89. The van der Waals surface area contributed by atoms with Gasteiger partial charge in [0.05, 0.1) is 11.1 Å². The zero-order valence-corrected chi connectivity index (χ0v) is 16.4. The highest BCUT2D eigenvalue weighted by Crippen LogP contribution is 2.22. The van der Waals surface area contributed by atoms with Gasteiger partial charge in [0.1, 0.15) is 11.5 Å². The topological polar surface area (TPSA) is 52.6 Å². The molecule has 0 saturated carbocycles. The SMILES string of the molecule is Cc1ccc(OC(=O)c2ccc(C(=O)Oc3ccc(C)cc3C)cc2)c(C)c1. The molecular weight excluding hydrogens is 352 g/mol. The Bertz CT molecular complexity index is 948. The number of hydrogen-bond acceptors (Lipinski definition) is 4. The highest BCUT2D eigenvalue weighted by atomic mass is 16.5. The third kappa shape index (κ3) is 4.46. The van der Waals surface area contributed by atoms with Crippen LogP contribution >= 0.6 is 0 Å². The predicted octanol–water partition coefficient (Wildman–Crippen LogP) is 5.36. The van der Waals surface area contributed by atoms with E-state index in [1.54, 1.807) is 36.4 Å². The van der Waals surface area contributed by atoms with E-state index in [1.165, 1.54) is 0 Å². The molecule has 0 N–H and O–H groups in total. The number of esters is 2. The Morgan fingerprint density at radius 2 is 0.929 bits per heavy atom. The minimum Gasteiger partial charge on any atom is -0.423 e. The predicted molar refractivity (Wildman–Crippen MR) is 108 cm³/mol. The van der Waals surface area contributed by atoms with Gasteiger partial charge in [-0.3, -0.25) is 0 Å². The van der Waals surface area contributed by atoms with Crippen LogP contribution in [0.2, 0.25) is 0 Å². The average Bonchev–Trinajstić information content (AvgIpc) is 2.66. The molecule has 0 bridgehead atoms. The van der Waals surface area contributed by atoms with Crippen LogP contribution in [-0.2, 0) is 0 Å².